The van der Waals surface area contributed by atoms with Gasteiger partial charge in [-0.3, -0.25) is 9.59 Å². The van der Waals surface area contributed by atoms with Gasteiger partial charge in [-0.25, -0.2) is 8.42 Å². The number of pyridine rings is 1. The molecule has 0 radical (unpaired) electrons. The summed E-state index contributed by atoms with van der Waals surface area (Å²) in [6.07, 6.45) is 2.87. The number of nitrogens with one attached hydrogen (secondary N) is 1. The van der Waals surface area contributed by atoms with Crippen molar-refractivity contribution in [2.45, 2.75) is 39.3 Å². The van der Waals surface area contributed by atoms with Gasteiger partial charge in [0.15, 0.2) is 9.84 Å². The van der Waals surface area contributed by atoms with Crippen LogP contribution in [0.1, 0.15) is 37.0 Å². The lowest BCUT2D eigenvalue weighted by Crippen LogP contribution is -2.36. The number of carbonyl (C=O) groups is 1. The van der Waals surface area contributed by atoms with Gasteiger partial charge in [-0.1, -0.05) is 32.0 Å². The average molecular weight is 376 g/mol. The number of sulfone groups is 1. The molecule has 0 aliphatic carbocycles. The maximum absolute atomic E-state index is 12.8. The first-order chi connectivity index (χ1) is 12.3. The Morgan fingerprint density at radius 1 is 1.27 bits per heavy atom. The fourth-order valence-electron chi connectivity index (χ4n) is 3.26. The summed E-state index contributed by atoms with van der Waals surface area (Å²) < 4.78 is 24.8. The number of hydrogen-bond acceptors (Lipinski definition) is 4. The van der Waals surface area contributed by atoms with Crippen molar-refractivity contribution in [1.29, 1.82) is 0 Å². The Morgan fingerprint density at radius 2 is 1.96 bits per heavy atom. The topological polar surface area (TPSA) is 85.2 Å². The number of benzene rings is 1. The van der Waals surface area contributed by atoms with Crippen molar-refractivity contribution in [3.05, 3.63) is 46.4 Å². The van der Waals surface area contributed by atoms with Gasteiger partial charge in [0.1, 0.15) is 0 Å². The standard InChI is InChI=1S/C19H24N2O4S/c1-13(2)7-9-21-11-17(15-5-3-4-6-16(15)19(21)23)18(22)20-14-8-10-26(24,25)12-14/h3-6,11,13-14H,7-10,12H2,1-2H3,(H,20,22)/t14-/m1/s1. The van der Waals surface area contributed by atoms with Crippen LogP contribution in [0.25, 0.3) is 10.8 Å². The second-order valence-corrected chi connectivity index (χ2v) is 9.57. The summed E-state index contributed by atoms with van der Waals surface area (Å²) in [5.74, 6) is 0.187. The van der Waals surface area contributed by atoms with Gasteiger partial charge < -0.3 is 9.88 Å². The van der Waals surface area contributed by atoms with Crippen LogP contribution in [0.15, 0.2) is 35.3 Å². The summed E-state index contributed by atoms with van der Waals surface area (Å²) in [6, 6.07) is 6.67. The van der Waals surface area contributed by atoms with Gasteiger partial charge in [0, 0.05) is 29.6 Å². The lowest BCUT2D eigenvalue weighted by atomic mass is 10.1. The van der Waals surface area contributed by atoms with E-state index in [9.17, 15) is 18.0 Å². The van der Waals surface area contributed by atoms with E-state index in [4.69, 9.17) is 0 Å². The van der Waals surface area contributed by atoms with Crippen molar-refractivity contribution >= 4 is 26.5 Å². The fourth-order valence-corrected chi connectivity index (χ4v) is 4.93. The second kappa shape index (κ2) is 7.23. The summed E-state index contributed by atoms with van der Waals surface area (Å²) in [4.78, 5) is 25.5. The van der Waals surface area contributed by atoms with Crippen LogP contribution in [0, 0.1) is 5.92 Å². The highest BCUT2D eigenvalue weighted by molar-refractivity contribution is 7.91. The first-order valence-electron chi connectivity index (χ1n) is 8.90. The van der Waals surface area contributed by atoms with Gasteiger partial charge in [0.05, 0.1) is 17.1 Å². The molecule has 1 aromatic carbocycles. The lowest BCUT2D eigenvalue weighted by molar-refractivity contribution is 0.0942. The molecule has 2 aromatic rings. The molecule has 1 saturated heterocycles. The van der Waals surface area contributed by atoms with Gasteiger partial charge in [0.25, 0.3) is 11.5 Å². The predicted octanol–water partition coefficient (Wildman–Crippen LogP) is 1.96. The van der Waals surface area contributed by atoms with Crippen molar-refractivity contribution in [2.24, 2.45) is 5.92 Å². The number of hydrogen-bond donors (Lipinski definition) is 1. The second-order valence-electron chi connectivity index (χ2n) is 7.34. The van der Waals surface area contributed by atoms with Crippen molar-refractivity contribution < 1.29 is 13.2 Å². The molecule has 1 aromatic heterocycles. The van der Waals surface area contributed by atoms with Gasteiger partial charge in [-0.05, 0) is 24.8 Å². The Labute approximate surface area is 153 Å². The first-order valence-corrected chi connectivity index (χ1v) is 10.7. The van der Waals surface area contributed by atoms with E-state index in [0.717, 1.165) is 6.42 Å². The number of rotatable bonds is 5. The molecule has 26 heavy (non-hydrogen) atoms. The highest BCUT2D eigenvalue weighted by Gasteiger charge is 2.29. The van der Waals surface area contributed by atoms with Crippen LogP contribution in [-0.2, 0) is 16.4 Å². The van der Waals surface area contributed by atoms with Gasteiger partial charge in [-0.15, -0.1) is 0 Å². The Morgan fingerprint density at radius 3 is 2.58 bits per heavy atom. The molecule has 2 heterocycles. The minimum atomic E-state index is -3.07. The molecule has 1 aliphatic rings. The molecule has 6 nitrogen and oxygen atoms in total. The minimum Gasteiger partial charge on any atom is -0.348 e. The Balaban J connectivity index is 1.97. The molecule has 7 heteroatoms. The van der Waals surface area contributed by atoms with Crippen LogP contribution < -0.4 is 10.9 Å². The van der Waals surface area contributed by atoms with Gasteiger partial charge in [0.2, 0.25) is 0 Å². The third kappa shape index (κ3) is 3.98. The molecule has 3 rings (SSSR count). The van der Waals surface area contributed by atoms with E-state index >= 15 is 0 Å². The van der Waals surface area contributed by atoms with Gasteiger partial charge >= 0.3 is 0 Å². The predicted molar refractivity (Wildman–Crippen MR) is 102 cm³/mol. The summed E-state index contributed by atoms with van der Waals surface area (Å²) >= 11 is 0. The van der Waals surface area contributed by atoms with E-state index in [2.05, 4.69) is 19.2 Å². The zero-order chi connectivity index (χ0) is 18.9. The summed E-state index contributed by atoms with van der Waals surface area (Å²) in [5, 5.41) is 3.92. The highest BCUT2D eigenvalue weighted by atomic mass is 32.2. The zero-order valence-corrected chi connectivity index (χ0v) is 15.9. The van der Waals surface area contributed by atoms with Crippen molar-refractivity contribution in [3.8, 4) is 0 Å². The third-order valence-corrected chi connectivity index (χ3v) is 6.52. The first kappa shape index (κ1) is 18.6. The Bertz CT molecular complexity index is 992. The summed E-state index contributed by atoms with van der Waals surface area (Å²) in [7, 11) is -3.07. The number of carbonyl (C=O) groups excluding carboxylic acids is 1. The minimum absolute atomic E-state index is 0.0241. The lowest BCUT2D eigenvalue weighted by Gasteiger charge is -2.15. The van der Waals surface area contributed by atoms with Crippen LogP contribution in [0.4, 0.5) is 0 Å². The van der Waals surface area contributed by atoms with Crippen LogP contribution in [0.3, 0.4) is 0 Å². The molecule has 1 aliphatic heterocycles. The fraction of sp³-hybridized carbons (Fsp3) is 0.474. The number of amides is 1. The number of aryl methyl sites for hydroxylation is 1. The quantitative estimate of drug-likeness (QED) is 0.864. The van der Waals surface area contributed by atoms with E-state index in [1.54, 1.807) is 35.0 Å². The molecule has 0 spiro atoms. The van der Waals surface area contributed by atoms with Crippen molar-refractivity contribution in [1.82, 2.24) is 9.88 Å². The largest absolute Gasteiger partial charge is 0.348 e. The van der Waals surface area contributed by atoms with E-state index < -0.39 is 9.84 Å². The molecule has 1 fully saturated rings. The Kier molecular flexibility index (Phi) is 5.18. The number of aromatic nitrogens is 1. The Hall–Kier alpha value is -2.15. The molecule has 1 N–H and O–H groups in total. The number of nitrogens with zero attached hydrogens (tertiary/aromatic N) is 1. The summed E-state index contributed by atoms with van der Waals surface area (Å²) in [6.45, 7) is 4.71. The molecule has 1 atom stereocenters. The monoisotopic (exact) mass is 376 g/mol. The molecule has 0 unspecified atom stereocenters. The summed E-state index contributed by atoms with van der Waals surface area (Å²) in [5.41, 5.74) is 0.300. The van der Waals surface area contributed by atoms with E-state index in [-0.39, 0.29) is 29.0 Å². The molecule has 0 bridgehead atoms. The van der Waals surface area contributed by atoms with Gasteiger partial charge in [-0.2, -0.15) is 0 Å². The normalized spacial score (nSPS) is 19.1. The average Bonchev–Trinajstić information content (AvgIpc) is 2.92. The number of fused-ring (bicyclic) bond motifs is 1. The third-order valence-electron chi connectivity index (χ3n) is 4.75. The zero-order valence-electron chi connectivity index (χ0n) is 15.1. The van der Waals surface area contributed by atoms with Crippen LogP contribution >= 0.6 is 0 Å². The smallest absolute Gasteiger partial charge is 0.258 e. The van der Waals surface area contributed by atoms with E-state index in [0.29, 0.717) is 35.2 Å². The van der Waals surface area contributed by atoms with E-state index in [1.165, 1.54) is 0 Å². The molecule has 1 amide bonds. The van der Waals surface area contributed by atoms with Crippen molar-refractivity contribution in [2.75, 3.05) is 11.5 Å². The molecule has 140 valence electrons. The highest BCUT2D eigenvalue weighted by Crippen LogP contribution is 2.18. The van der Waals surface area contributed by atoms with Crippen LogP contribution in [0.2, 0.25) is 0 Å². The van der Waals surface area contributed by atoms with Crippen LogP contribution in [0.5, 0.6) is 0 Å². The maximum Gasteiger partial charge on any atom is 0.258 e. The van der Waals surface area contributed by atoms with Crippen molar-refractivity contribution in [3.63, 3.8) is 0 Å². The maximum atomic E-state index is 12.8. The van der Waals surface area contributed by atoms with E-state index in [1.807, 2.05) is 0 Å². The molecular weight excluding hydrogens is 352 g/mol. The molecular formula is C19H24N2O4S. The molecule has 0 saturated carbocycles. The van der Waals surface area contributed by atoms with Crippen LogP contribution in [-0.4, -0.2) is 36.4 Å². The SMILES string of the molecule is CC(C)CCn1cc(C(=O)N[C@@H]2CCS(=O)(=O)C2)c2ccccc2c1=O.